The number of benzene rings is 3. The summed E-state index contributed by atoms with van der Waals surface area (Å²) in [6, 6.07) is 19.7. The Balaban J connectivity index is 1.18. The molecule has 3 fully saturated rings. The fraction of sp³-hybridized carbons (Fsp3) is 0.375. The Kier molecular flexibility index (Phi) is 12.9. The van der Waals surface area contributed by atoms with E-state index in [0.29, 0.717) is 28.3 Å². The lowest BCUT2D eigenvalue weighted by atomic mass is 9.86. The Hall–Kier alpha value is -4.49. The largest absolute Gasteiger partial charge is 0.619 e. The highest BCUT2D eigenvalue weighted by molar-refractivity contribution is 6.35. The van der Waals surface area contributed by atoms with Crippen molar-refractivity contribution in [3.8, 4) is 11.5 Å². The topological polar surface area (TPSA) is 113 Å². The highest BCUT2D eigenvalue weighted by atomic mass is 35.5. The van der Waals surface area contributed by atoms with E-state index in [-0.39, 0.29) is 45.6 Å². The van der Waals surface area contributed by atoms with Crippen molar-refractivity contribution >= 4 is 35.1 Å². The van der Waals surface area contributed by atoms with E-state index in [0.717, 1.165) is 56.0 Å². The third-order valence-corrected chi connectivity index (χ3v) is 10.2. The van der Waals surface area contributed by atoms with Crippen molar-refractivity contribution in [2.45, 2.75) is 70.6 Å². The Morgan fingerprint density at radius 3 is 2.22 bits per heavy atom. The second-order valence-corrected chi connectivity index (χ2v) is 14.5. The number of piperidine rings is 3. The number of alkyl halides is 2. The minimum atomic E-state index is -3.09. The molecule has 7 rings (SSSR count). The number of hydrogen-bond donors (Lipinski definition) is 1. The first-order valence-electron chi connectivity index (χ1n) is 17.8. The third-order valence-electron chi connectivity index (χ3n) is 9.55. The minimum absolute atomic E-state index is 0.0183. The molecule has 3 atom stereocenters. The van der Waals surface area contributed by atoms with Gasteiger partial charge in [0.2, 0.25) is 0 Å². The van der Waals surface area contributed by atoms with Crippen LogP contribution in [0.2, 0.25) is 10.0 Å². The number of fused-ring (bicyclic) bond motifs is 3. The summed E-state index contributed by atoms with van der Waals surface area (Å²) in [7, 11) is 0. The molecule has 10 nitrogen and oxygen atoms in total. The zero-order valence-corrected chi connectivity index (χ0v) is 31.3. The van der Waals surface area contributed by atoms with Crippen LogP contribution in [0.1, 0.15) is 71.4 Å². The number of nitrogens with one attached hydrogen (secondary N) is 1. The molecule has 4 heterocycles. The molecule has 14 heteroatoms. The molecule has 0 aliphatic carbocycles. The summed E-state index contributed by atoms with van der Waals surface area (Å²) >= 11 is 12.8. The van der Waals surface area contributed by atoms with Crippen LogP contribution in [0.4, 0.5) is 8.78 Å². The average Bonchev–Trinajstić information content (AvgIpc) is 3.14. The number of pyridine rings is 1. The lowest BCUT2D eigenvalue weighted by Gasteiger charge is -2.44. The summed E-state index contributed by atoms with van der Waals surface area (Å²) in [4.78, 5) is 29.5. The number of hydrogen-bond acceptors (Lipinski definition) is 9. The number of esters is 2. The van der Waals surface area contributed by atoms with Crippen LogP contribution in [0.3, 0.4) is 0 Å². The quantitative estimate of drug-likeness (QED) is 0.0739. The van der Waals surface area contributed by atoms with Gasteiger partial charge in [-0.25, -0.2) is 9.59 Å². The lowest BCUT2D eigenvalue weighted by Crippen LogP contribution is -2.52. The highest BCUT2D eigenvalue weighted by Gasteiger charge is 2.38. The number of rotatable bonds is 15. The molecule has 3 saturated heterocycles. The Morgan fingerprint density at radius 1 is 0.926 bits per heavy atom. The van der Waals surface area contributed by atoms with Crippen molar-refractivity contribution in [3.63, 3.8) is 0 Å². The van der Waals surface area contributed by atoms with Crippen molar-refractivity contribution in [1.82, 2.24) is 10.2 Å². The monoisotopic (exact) mass is 783 g/mol. The van der Waals surface area contributed by atoms with E-state index in [4.69, 9.17) is 37.4 Å². The van der Waals surface area contributed by atoms with Crippen LogP contribution < -0.4 is 19.5 Å². The van der Waals surface area contributed by atoms with E-state index < -0.39 is 30.8 Å². The fourth-order valence-corrected chi connectivity index (χ4v) is 7.42. The van der Waals surface area contributed by atoms with Crippen LogP contribution in [-0.4, -0.2) is 55.3 Å². The molecule has 1 unspecified atom stereocenters. The summed E-state index contributed by atoms with van der Waals surface area (Å²) in [6.45, 7) is 3.51. The van der Waals surface area contributed by atoms with Crippen molar-refractivity contribution in [3.05, 3.63) is 128 Å². The van der Waals surface area contributed by atoms with Crippen LogP contribution >= 0.6 is 23.2 Å². The summed E-state index contributed by atoms with van der Waals surface area (Å²) < 4.78 is 49.3. The molecule has 0 spiro atoms. The lowest BCUT2D eigenvalue weighted by molar-refractivity contribution is -0.605. The first kappa shape index (κ1) is 39.2. The van der Waals surface area contributed by atoms with E-state index in [1.165, 1.54) is 18.2 Å². The molecule has 3 aliphatic heterocycles. The second-order valence-electron chi connectivity index (χ2n) is 13.7. The van der Waals surface area contributed by atoms with E-state index in [1.54, 1.807) is 38.1 Å². The van der Waals surface area contributed by atoms with E-state index >= 15 is 0 Å². The number of aromatic nitrogens is 1. The van der Waals surface area contributed by atoms with Gasteiger partial charge in [-0.15, -0.1) is 0 Å². The molecular weight excluding hydrogens is 743 g/mol. The number of halogens is 4. The molecule has 4 aromatic rings. The minimum Gasteiger partial charge on any atom is -0.619 e. The molecular formula is C40H41Cl2F2N3O7. The van der Waals surface area contributed by atoms with Crippen LogP contribution in [0, 0.1) is 11.1 Å². The van der Waals surface area contributed by atoms with Gasteiger partial charge in [-0.3, -0.25) is 10.2 Å². The number of nitrogens with zero attached hydrogens (tertiary/aromatic N) is 2. The maximum absolute atomic E-state index is 13.6. The van der Waals surface area contributed by atoms with E-state index in [2.05, 4.69) is 15.0 Å². The molecule has 3 aliphatic rings. The van der Waals surface area contributed by atoms with Gasteiger partial charge in [-0.05, 0) is 86.7 Å². The normalized spacial score (nSPS) is 19.0. The molecule has 0 saturated carbocycles. The van der Waals surface area contributed by atoms with Gasteiger partial charge in [0.05, 0.1) is 11.7 Å². The van der Waals surface area contributed by atoms with E-state index in [9.17, 15) is 23.6 Å². The number of carbonyl (C=O) groups is 2. The first-order valence-corrected chi connectivity index (χ1v) is 18.5. The maximum atomic E-state index is 13.6. The van der Waals surface area contributed by atoms with Gasteiger partial charge in [0.25, 0.3) is 0 Å². The predicted molar refractivity (Wildman–Crippen MR) is 198 cm³/mol. The molecule has 3 aromatic carbocycles. The Morgan fingerprint density at radius 2 is 1.61 bits per heavy atom. The zero-order valence-electron chi connectivity index (χ0n) is 29.8. The van der Waals surface area contributed by atoms with Crippen LogP contribution in [0.5, 0.6) is 11.5 Å². The van der Waals surface area contributed by atoms with Gasteiger partial charge in [-0.1, -0.05) is 71.7 Å². The second kappa shape index (κ2) is 17.8. The molecule has 2 bridgehead atoms. The summed E-state index contributed by atoms with van der Waals surface area (Å²) in [5.41, 5.74) is 2.53. The molecule has 1 N–H and O–H groups in total. The van der Waals surface area contributed by atoms with Gasteiger partial charge in [0, 0.05) is 25.1 Å². The number of ether oxygens (including phenoxy) is 4. The van der Waals surface area contributed by atoms with E-state index in [1.807, 2.05) is 30.3 Å². The maximum Gasteiger partial charge on any atom is 0.387 e. The smallest absolute Gasteiger partial charge is 0.387 e. The standard InChI is InChI=1S/C40H41Cl2F2N3O7/c1-24(2)51-35-18-29(12-13-33(35)54-40(43)44)34(19-30-31(41)21-47(50)22-32(30)42)52-38(48)28-10-8-25(9-11-28)20-45-37(27-6-4-3-5-7-27)39(49)53-36-23-46-16-14-26(36)15-17-46/h3-13,18,21-22,24,26,34,36-37,40,45H,14-17,19-20,23H2,1-2H3/t34-,36-,37?/m0/s1. The van der Waals surface area contributed by atoms with Gasteiger partial charge >= 0.3 is 18.6 Å². The summed E-state index contributed by atoms with van der Waals surface area (Å²) in [5.74, 6) is -0.816. The zero-order chi connectivity index (χ0) is 38.4. The summed E-state index contributed by atoms with van der Waals surface area (Å²) in [6.07, 6.45) is 2.70. The fourth-order valence-electron chi connectivity index (χ4n) is 6.82. The van der Waals surface area contributed by atoms with Crippen LogP contribution in [0.25, 0.3) is 0 Å². The molecule has 1 aromatic heterocycles. The van der Waals surface area contributed by atoms with Crippen LogP contribution in [-0.2, 0) is 27.2 Å². The SMILES string of the molecule is CC(C)Oc1cc([C@H](Cc2c(Cl)c[n+]([O-])cc2Cl)OC(=O)c2ccc(CNC(C(=O)O[C@H]3CN4CCC3CC4)c3ccccc3)cc2)ccc1OC(F)F. The molecule has 0 radical (unpaired) electrons. The first-order chi connectivity index (χ1) is 25.9. The average molecular weight is 785 g/mol. The highest BCUT2D eigenvalue weighted by Crippen LogP contribution is 2.37. The van der Waals surface area contributed by atoms with Crippen LogP contribution in [0.15, 0.2) is 85.2 Å². The molecule has 54 heavy (non-hydrogen) atoms. The Bertz CT molecular complexity index is 1890. The van der Waals surface area contributed by atoms with Crippen molar-refractivity contribution < 1.29 is 42.0 Å². The number of carbonyl (C=O) groups excluding carboxylic acids is 2. The molecule has 0 amide bonds. The van der Waals surface area contributed by atoms with Gasteiger partial charge in [0.15, 0.2) is 23.9 Å². The van der Waals surface area contributed by atoms with Gasteiger partial charge in [0.1, 0.15) is 28.3 Å². The third kappa shape index (κ3) is 9.97. The molecule has 286 valence electrons. The summed E-state index contributed by atoms with van der Waals surface area (Å²) in [5, 5.41) is 15.4. The van der Waals surface area contributed by atoms with Gasteiger partial charge < -0.3 is 24.2 Å². The van der Waals surface area contributed by atoms with Crippen molar-refractivity contribution in [1.29, 1.82) is 0 Å². The van der Waals surface area contributed by atoms with Crippen molar-refractivity contribution in [2.75, 3.05) is 19.6 Å². The van der Waals surface area contributed by atoms with Gasteiger partial charge in [-0.2, -0.15) is 13.5 Å². The van der Waals surface area contributed by atoms with Crippen molar-refractivity contribution in [2.24, 2.45) is 5.92 Å². The predicted octanol–water partition coefficient (Wildman–Crippen LogP) is 7.62. The Labute approximate surface area is 322 Å².